The van der Waals surface area contributed by atoms with E-state index in [-0.39, 0.29) is 18.6 Å². The third-order valence-corrected chi connectivity index (χ3v) is 2.34. The Labute approximate surface area is 113 Å². The second-order valence-corrected chi connectivity index (χ2v) is 3.94. The molecule has 0 bridgehead atoms. The van der Waals surface area contributed by atoms with Crippen LogP contribution in [0.3, 0.4) is 0 Å². The molecule has 0 aliphatic carbocycles. The molecule has 1 unspecified atom stereocenters. The summed E-state index contributed by atoms with van der Waals surface area (Å²) in [5.41, 5.74) is 6.45. The minimum atomic E-state index is -0.185. The summed E-state index contributed by atoms with van der Waals surface area (Å²) in [5.74, 6) is 5.38. The molecular formula is C14H19N3O2. The van der Waals surface area contributed by atoms with Crippen molar-refractivity contribution in [2.24, 2.45) is 5.73 Å². The van der Waals surface area contributed by atoms with Crippen LogP contribution in [0, 0.1) is 11.8 Å². The highest BCUT2D eigenvalue weighted by Gasteiger charge is 2.08. The molecule has 1 rings (SSSR count). The summed E-state index contributed by atoms with van der Waals surface area (Å²) >= 11 is 0. The molecule has 0 spiro atoms. The van der Waals surface area contributed by atoms with Gasteiger partial charge in [-0.25, -0.2) is 0 Å². The molecule has 0 fully saturated rings. The van der Waals surface area contributed by atoms with Crippen LogP contribution in [0.5, 0.6) is 0 Å². The maximum atomic E-state index is 11.9. The zero-order chi connectivity index (χ0) is 14.1. The summed E-state index contributed by atoms with van der Waals surface area (Å²) in [6, 6.07) is 1.69. The maximum absolute atomic E-state index is 11.9. The zero-order valence-corrected chi connectivity index (χ0v) is 11.3. The van der Waals surface area contributed by atoms with E-state index < -0.39 is 0 Å². The minimum Gasteiger partial charge on any atom is -0.377 e. The summed E-state index contributed by atoms with van der Waals surface area (Å²) < 4.78 is 5.34. The van der Waals surface area contributed by atoms with Crippen LogP contribution >= 0.6 is 0 Å². The van der Waals surface area contributed by atoms with Gasteiger partial charge < -0.3 is 15.8 Å². The number of carbonyl (C=O) groups excluding carboxylic acids is 1. The quantitative estimate of drug-likeness (QED) is 0.759. The van der Waals surface area contributed by atoms with Crippen LogP contribution in [0.15, 0.2) is 18.5 Å². The van der Waals surface area contributed by atoms with Crippen molar-refractivity contribution in [2.45, 2.75) is 20.0 Å². The van der Waals surface area contributed by atoms with Crippen LogP contribution in [0.2, 0.25) is 0 Å². The van der Waals surface area contributed by atoms with Gasteiger partial charge in [0.1, 0.15) is 0 Å². The van der Waals surface area contributed by atoms with Crippen molar-refractivity contribution in [2.75, 3.05) is 19.7 Å². The molecule has 1 atom stereocenters. The summed E-state index contributed by atoms with van der Waals surface area (Å²) in [4.78, 5) is 15.9. The summed E-state index contributed by atoms with van der Waals surface area (Å²) in [6.07, 6.45) is 3.10. The van der Waals surface area contributed by atoms with Crippen LogP contribution in [0.1, 0.15) is 29.8 Å². The van der Waals surface area contributed by atoms with E-state index in [2.05, 4.69) is 22.1 Å². The first-order valence-corrected chi connectivity index (χ1v) is 6.21. The molecule has 19 heavy (non-hydrogen) atoms. The minimum absolute atomic E-state index is 0.0119. The molecule has 0 radical (unpaired) electrons. The molecule has 1 aromatic rings. The molecule has 1 aromatic heterocycles. The van der Waals surface area contributed by atoms with Crippen molar-refractivity contribution < 1.29 is 9.53 Å². The van der Waals surface area contributed by atoms with E-state index in [1.807, 2.05) is 13.8 Å². The third kappa shape index (κ3) is 5.51. The molecule has 0 saturated carbocycles. The van der Waals surface area contributed by atoms with Gasteiger partial charge in [-0.1, -0.05) is 11.8 Å². The smallest absolute Gasteiger partial charge is 0.252 e. The van der Waals surface area contributed by atoms with Crippen LogP contribution in [0.25, 0.3) is 0 Å². The van der Waals surface area contributed by atoms with Gasteiger partial charge in [0, 0.05) is 31.1 Å². The van der Waals surface area contributed by atoms with Gasteiger partial charge >= 0.3 is 0 Å². The lowest BCUT2D eigenvalue weighted by Gasteiger charge is -2.12. The Balaban J connectivity index is 2.61. The highest BCUT2D eigenvalue weighted by Crippen LogP contribution is 2.01. The average Bonchev–Trinajstić information content (AvgIpc) is 2.43. The van der Waals surface area contributed by atoms with Crippen LogP contribution in [-0.4, -0.2) is 36.7 Å². The number of pyridine rings is 1. The van der Waals surface area contributed by atoms with Gasteiger partial charge in [-0.2, -0.15) is 0 Å². The van der Waals surface area contributed by atoms with Gasteiger partial charge in [0.05, 0.1) is 18.2 Å². The van der Waals surface area contributed by atoms with Gasteiger partial charge in [-0.3, -0.25) is 9.78 Å². The van der Waals surface area contributed by atoms with E-state index in [9.17, 15) is 4.79 Å². The molecule has 1 heterocycles. The number of nitrogens with two attached hydrogens (primary N) is 1. The Morgan fingerprint density at radius 2 is 2.37 bits per heavy atom. The van der Waals surface area contributed by atoms with Crippen molar-refractivity contribution in [3.8, 4) is 11.8 Å². The average molecular weight is 261 g/mol. The number of nitrogens with zero attached hydrogens (tertiary/aromatic N) is 1. The lowest BCUT2D eigenvalue weighted by atomic mass is 10.2. The molecule has 5 heteroatoms. The van der Waals surface area contributed by atoms with E-state index in [1.54, 1.807) is 12.3 Å². The predicted molar refractivity (Wildman–Crippen MR) is 73.6 cm³/mol. The molecule has 0 aromatic carbocycles. The van der Waals surface area contributed by atoms with Crippen molar-refractivity contribution in [1.29, 1.82) is 0 Å². The molecule has 0 aliphatic heterocycles. The highest BCUT2D eigenvalue weighted by molar-refractivity contribution is 5.94. The van der Waals surface area contributed by atoms with E-state index in [4.69, 9.17) is 10.5 Å². The zero-order valence-electron chi connectivity index (χ0n) is 11.3. The fourth-order valence-corrected chi connectivity index (χ4v) is 1.47. The normalized spacial score (nSPS) is 11.3. The number of carbonyl (C=O) groups is 1. The maximum Gasteiger partial charge on any atom is 0.252 e. The summed E-state index contributed by atoms with van der Waals surface area (Å²) in [6.45, 7) is 5.20. The second kappa shape index (κ2) is 8.25. The number of rotatable bonds is 5. The van der Waals surface area contributed by atoms with E-state index in [0.717, 1.165) is 0 Å². The summed E-state index contributed by atoms with van der Waals surface area (Å²) in [7, 11) is 0. The molecule has 102 valence electrons. The van der Waals surface area contributed by atoms with E-state index in [1.165, 1.54) is 6.20 Å². The molecule has 1 amide bonds. The van der Waals surface area contributed by atoms with Crippen molar-refractivity contribution in [1.82, 2.24) is 10.3 Å². The molecule has 3 N–H and O–H groups in total. The Morgan fingerprint density at radius 1 is 1.58 bits per heavy atom. The van der Waals surface area contributed by atoms with Crippen LogP contribution in [-0.2, 0) is 4.74 Å². The molecule has 0 aliphatic rings. The Bertz CT molecular complexity index is 477. The lowest BCUT2D eigenvalue weighted by Crippen LogP contribution is -2.32. The number of amides is 1. The first-order valence-electron chi connectivity index (χ1n) is 6.21. The fourth-order valence-electron chi connectivity index (χ4n) is 1.47. The van der Waals surface area contributed by atoms with Crippen LogP contribution in [0.4, 0.5) is 0 Å². The van der Waals surface area contributed by atoms with Gasteiger partial charge in [0.15, 0.2) is 0 Å². The molecular weight excluding hydrogens is 242 g/mol. The SMILES string of the molecule is CCOC(C)CNC(=O)c1cncc(C#CCN)c1. The molecule has 5 nitrogen and oxygen atoms in total. The molecule has 0 saturated heterocycles. The fraction of sp³-hybridized carbons (Fsp3) is 0.429. The van der Waals surface area contributed by atoms with Crippen molar-refractivity contribution in [3.63, 3.8) is 0 Å². The van der Waals surface area contributed by atoms with Gasteiger partial charge in [0.25, 0.3) is 5.91 Å². The van der Waals surface area contributed by atoms with Gasteiger partial charge in [-0.05, 0) is 19.9 Å². The first kappa shape index (κ1) is 15.2. The van der Waals surface area contributed by atoms with Gasteiger partial charge in [-0.15, -0.1) is 0 Å². The third-order valence-electron chi connectivity index (χ3n) is 2.34. The predicted octanol–water partition coefficient (Wildman–Crippen LogP) is 0.547. The van der Waals surface area contributed by atoms with Crippen molar-refractivity contribution >= 4 is 5.91 Å². The number of nitrogens with one attached hydrogen (secondary N) is 1. The summed E-state index contributed by atoms with van der Waals surface area (Å²) in [5, 5.41) is 2.79. The Hall–Kier alpha value is -1.90. The lowest BCUT2D eigenvalue weighted by molar-refractivity contribution is 0.0695. The van der Waals surface area contributed by atoms with Crippen molar-refractivity contribution in [3.05, 3.63) is 29.6 Å². The number of aromatic nitrogens is 1. The van der Waals surface area contributed by atoms with E-state index in [0.29, 0.717) is 24.3 Å². The number of ether oxygens (including phenoxy) is 1. The van der Waals surface area contributed by atoms with E-state index >= 15 is 0 Å². The topological polar surface area (TPSA) is 77.2 Å². The second-order valence-electron chi connectivity index (χ2n) is 3.94. The number of hydrogen-bond donors (Lipinski definition) is 2. The standard InChI is InChI=1S/C14H19N3O2/c1-3-19-11(2)8-17-14(18)13-7-12(5-4-6-15)9-16-10-13/h7,9-11H,3,6,8,15H2,1-2H3,(H,17,18). The Kier molecular flexibility index (Phi) is 6.58. The van der Waals surface area contributed by atoms with Gasteiger partial charge in [0.2, 0.25) is 0 Å². The van der Waals surface area contributed by atoms with Crippen LogP contribution < -0.4 is 11.1 Å². The highest BCUT2D eigenvalue weighted by atomic mass is 16.5. The largest absolute Gasteiger partial charge is 0.377 e. The monoisotopic (exact) mass is 261 g/mol. The number of hydrogen-bond acceptors (Lipinski definition) is 4. The Morgan fingerprint density at radius 3 is 3.05 bits per heavy atom. The first-order chi connectivity index (χ1) is 9.17.